The number of carbonyl (C=O) groups is 1. The highest BCUT2D eigenvalue weighted by atomic mass is 16.4. The normalized spacial score (nSPS) is 9.89. The van der Waals surface area contributed by atoms with Gasteiger partial charge in [0.05, 0.1) is 17.9 Å². The summed E-state index contributed by atoms with van der Waals surface area (Å²) in [6.07, 6.45) is 1.37. The van der Waals surface area contributed by atoms with Gasteiger partial charge in [-0.15, -0.1) is 0 Å². The van der Waals surface area contributed by atoms with Gasteiger partial charge in [0, 0.05) is 24.8 Å². The zero-order valence-corrected chi connectivity index (χ0v) is 10.3. The minimum Gasteiger partial charge on any atom is -0.475 e. The van der Waals surface area contributed by atoms with Crippen LogP contribution in [-0.4, -0.2) is 18.1 Å². The number of benzene rings is 1. The van der Waals surface area contributed by atoms with E-state index in [0.29, 0.717) is 17.7 Å². The Morgan fingerprint density at radius 1 is 1.37 bits per heavy atom. The van der Waals surface area contributed by atoms with Crippen LogP contribution < -0.4 is 4.90 Å². The number of hydrogen-bond acceptors (Lipinski definition) is 4. The summed E-state index contributed by atoms with van der Waals surface area (Å²) in [7, 11) is 1.85. The van der Waals surface area contributed by atoms with E-state index in [1.165, 1.54) is 6.26 Å². The van der Waals surface area contributed by atoms with Gasteiger partial charge in [0.2, 0.25) is 5.76 Å². The lowest BCUT2D eigenvalue weighted by Crippen LogP contribution is -2.17. The molecule has 0 unspecified atom stereocenters. The summed E-state index contributed by atoms with van der Waals surface area (Å²) in [5.41, 5.74) is 2.10. The molecule has 0 fully saturated rings. The van der Waals surface area contributed by atoms with Gasteiger partial charge in [-0.1, -0.05) is 0 Å². The van der Waals surface area contributed by atoms with Crippen LogP contribution in [0, 0.1) is 11.3 Å². The predicted octanol–water partition coefficient (Wildman–Crippen LogP) is 2.49. The highest BCUT2D eigenvalue weighted by Crippen LogP contribution is 2.19. The maximum Gasteiger partial charge on any atom is 0.372 e. The number of aromatic carboxylic acids is 1. The molecule has 0 aliphatic carbocycles. The molecule has 0 atom stereocenters. The van der Waals surface area contributed by atoms with E-state index in [4.69, 9.17) is 14.8 Å². The van der Waals surface area contributed by atoms with Gasteiger partial charge in [-0.05, 0) is 30.3 Å². The second-order valence-corrected chi connectivity index (χ2v) is 4.09. The lowest BCUT2D eigenvalue weighted by Gasteiger charge is -2.18. The summed E-state index contributed by atoms with van der Waals surface area (Å²) in [6, 6.07) is 10.8. The number of nitrogens with zero attached hydrogens (tertiary/aromatic N) is 2. The standard InChI is InChI=1S/C14H12N2O3/c1-16(12-4-2-10(8-15)3-5-12)9-11-6-7-19-13(11)14(17)18/h2-7H,9H2,1H3,(H,17,18). The zero-order chi connectivity index (χ0) is 13.8. The molecule has 0 amide bonds. The second-order valence-electron chi connectivity index (χ2n) is 4.09. The fourth-order valence-corrected chi connectivity index (χ4v) is 1.79. The Morgan fingerprint density at radius 2 is 2.05 bits per heavy atom. The van der Waals surface area contributed by atoms with Crippen LogP contribution in [-0.2, 0) is 6.54 Å². The van der Waals surface area contributed by atoms with Crippen molar-refractivity contribution in [3.63, 3.8) is 0 Å². The van der Waals surface area contributed by atoms with Crippen LogP contribution in [0.3, 0.4) is 0 Å². The Morgan fingerprint density at radius 3 is 2.63 bits per heavy atom. The Hall–Kier alpha value is -2.74. The molecule has 19 heavy (non-hydrogen) atoms. The van der Waals surface area contributed by atoms with Crippen LogP contribution in [0.15, 0.2) is 41.0 Å². The third-order valence-electron chi connectivity index (χ3n) is 2.79. The van der Waals surface area contributed by atoms with Gasteiger partial charge in [-0.3, -0.25) is 0 Å². The minimum atomic E-state index is -1.08. The van der Waals surface area contributed by atoms with E-state index in [0.717, 1.165) is 5.69 Å². The Bertz CT molecular complexity index is 623. The van der Waals surface area contributed by atoms with Crippen molar-refractivity contribution in [3.8, 4) is 6.07 Å². The molecular weight excluding hydrogens is 244 g/mol. The number of anilines is 1. The van der Waals surface area contributed by atoms with Crippen LogP contribution in [0.4, 0.5) is 5.69 Å². The van der Waals surface area contributed by atoms with Crippen LogP contribution in [0.25, 0.3) is 0 Å². The fourth-order valence-electron chi connectivity index (χ4n) is 1.79. The summed E-state index contributed by atoms with van der Waals surface area (Å²) in [5, 5.41) is 17.7. The first kappa shape index (κ1) is 12.7. The van der Waals surface area contributed by atoms with Gasteiger partial charge in [-0.25, -0.2) is 4.79 Å². The highest BCUT2D eigenvalue weighted by Gasteiger charge is 2.15. The molecule has 96 valence electrons. The van der Waals surface area contributed by atoms with E-state index in [1.807, 2.05) is 24.1 Å². The van der Waals surface area contributed by atoms with Crippen molar-refractivity contribution in [2.24, 2.45) is 0 Å². The largest absolute Gasteiger partial charge is 0.475 e. The maximum atomic E-state index is 10.9. The molecule has 5 nitrogen and oxygen atoms in total. The van der Waals surface area contributed by atoms with Crippen molar-refractivity contribution in [1.82, 2.24) is 0 Å². The monoisotopic (exact) mass is 256 g/mol. The zero-order valence-electron chi connectivity index (χ0n) is 10.3. The summed E-state index contributed by atoms with van der Waals surface area (Å²) in [4.78, 5) is 12.8. The van der Waals surface area contributed by atoms with E-state index < -0.39 is 5.97 Å². The first-order valence-corrected chi connectivity index (χ1v) is 5.63. The van der Waals surface area contributed by atoms with E-state index in [1.54, 1.807) is 18.2 Å². The van der Waals surface area contributed by atoms with E-state index in [2.05, 4.69) is 6.07 Å². The smallest absolute Gasteiger partial charge is 0.372 e. The van der Waals surface area contributed by atoms with Crippen molar-refractivity contribution in [3.05, 3.63) is 53.5 Å². The number of carboxylic acids is 1. The Kier molecular flexibility index (Phi) is 3.53. The van der Waals surface area contributed by atoms with E-state index in [-0.39, 0.29) is 5.76 Å². The quantitative estimate of drug-likeness (QED) is 0.909. The van der Waals surface area contributed by atoms with Crippen LogP contribution >= 0.6 is 0 Å². The minimum absolute atomic E-state index is 0.0412. The number of furan rings is 1. The molecule has 2 aromatic rings. The number of carboxylic acid groups (broad SMARTS) is 1. The lowest BCUT2D eigenvalue weighted by molar-refractivity contribution is 0.0661. The summed E-state index contributed by atoms with van der Waals surface area (Å²) >= 11 is 0. The molecular formula is C14H12N2O3. The predicted molar refractivity (Wildman–Crippen MR) is 68.9 cm³/mol. The van der Waals surface area contributed by atoms with Gasteiger partial charge in [-0.2, -0.15) is 5.26 Å². The summed E-state index contributed by atoms with van der Waals surface area (Å²) in [6.45, 7) is 0.421. The molecule has 1 aromatic carbocycles. The molecule has 2 rings (SSSR count). The van der Waals surface area contributed by atoms with E-state index >= 15 is 0 Å². The van der Waals surface area contributed by atoms with Gasteiger partial charge < -0.3 is 14.4 Å². The molecule has 1 aromatic heterocycles. The number of rotatable bonds is 4. The average Bonchev–Trinajstić information content (AvgIpc) is 2.87. The van der Waals surface area contributed by atoms with E-state index in [9.17, 15) is 4.79 Å². The summed E-state index contributed by atoms with van der Waals surface area (Å²) in [5.74, 6) is -1.12. The molecule has 1 heterocycles. The Balaban J connectivity index is 2.16. The van der Waals surface area contributed by atoms with Crippen molar-refractivity contribution in [2.75, 3.05) is 11.9 Å². The van der Waals surface area contributed by atoms with Gasteiger partial charge in [0.1, 0.15) is 0 Å². The first-order chi connectivity index (χ1) is 9.11. The summed E-state index contributed by atoms with van der Waals surface area (Å²) < 4.78 is 4.93. The van der Waals surface area contributed by atoms with Crippen LogP contribution in [0.2, 0.25) is 0 Å². The van der Waals surface area contributed by atoms with Gasteiger partial charge >= 0.3 is 5.97 Å². The number of nitriles is 1. The molecule has 0 radical (unpaired) electrons. The molecule has 5 heteroatoms. The van der Waals surface area contributed by atoms with Crippen molar-refractivity contribution >= 4 is 11.7 Å². The molecule has 0 bridgehead atoms. The van der Waals surface area contributed by atoms with Crippen LogP contribution in [0.1, 0.15) is 21.7 Å². The second kappa shape index (κ2) is 5.27. The van der Waals surface area contributed by atoms with Crippen molar-refractivity contribution in [1.29, 1.82) is 5.26 Å². The average molecular weight is 256 g/mol. The van der Waals surface area contributed by atoms with Crippen LogP contribution in [0.5, 0.6) is 0 Å². The molecule has 0 saturated heterocycles. The third-order valence-corrected chi connectivity index (χ3v) is 2.79. The van der Waals surface area contributed by atoms with Gasteiger partial charge in [0.15, 0.2) is 0 Å². The topological polar surface area (TPSA) is 77.5 Å². The third kappa shape index (κ3) is 2.75. The lowest BCUT2D eigenvalue weighted by atomic mass is 10.2. The SMILES string of the molecule is CN(Cc1ccoc1C(=O)O)c1ccc(C#N)cc1. The highest BCUT2D eigenvalue weighted by molar-refractivity contribution is 5.86. The molecule has 0 aliphatic heterocycles. The van der Waals surface area contributed by atoms with Crippen molar-refractivity contribution < 1.29 is 14.3 Å². The molecule has 1 N–H and O–H groups in total. The fraction of sp³-hybridized carbons (Fsp3) is 0.143. The Labute approximate surface area is 110 Å². The van der Waals surface area contributed by atoms with Crippen molar-refractivity contribution in [2.45, 2.75) is 6.54 Å². The maximum absolute atomic E-state index is 10.9. The molecule has 0 aliphatic rings. The number of hydrogen-bond donors (Lipinski definition) is 1. The van der Waals surface area contributed by atoms with Gasteiger partial charge in [0.25, 0.3) is 0 Å². The molecule has 0 saturated carbocycles. The molecule has 0 spiro atoms. The first-order valence-electron chi connectivity index (χ1n) is 5.63.